The fraction of sp³-hybridized carbons (Fsp3) is 0.133. The molecule has 0 spiro atoms. The molecule has 4 nitrogen and oxygen atoms in total. The molecule has 0 radical (unpaired) electrons. The fourth-order valence-corrected chi connectivity index (χ4v) is 2.86. The molecule has 0 amide bonds. The molecule has 0 aliphatic carbocycles. The number of benzene rings is 2. The molecule has 0 atom stereocenters. The molecule has 3 rings (SSSR count). The van der Waals surface area contributed by atoms with Crippen LogP contribution in [0, 0.1) is 6.92 Å². The average Bonchev–Trinajstić information content (AvgIpc) is 2.82. The second-order valence-electron chi connectivity index (χ2n) is 4.57. The van der Waals surface area contributed by atoms with E-state index in [0.717, 1.165) is 26.8 Å². The zero-order valence-corrected chi connectivity index (χ0v) is 12.1. The molecule has 0 saturated carbocycles. The van der Waals surface area contributed by atoms with Gasteiger partial charge in [0.05, 0.1) is 18.1 Å². The number of imidazole rings is 1. The predicted octanol–water partition coefficient (Wildman–Crippen LogP) is 3.61. The van der Waals surface area contributed by atoms with Crippen LogP contribution in [0.1, 0.15) is 5.56 Å². The van der Waals surface area contributed by atoms with Crippen molar-refractivity contribution in [1.82, 2.24) is 9.97 Å². The number of methoxy groups -OCH3 is 1. The lowest BCUT2D eigenvalue weighted by Gasteiger charge is -2.05. The highest BCUT2D eigenvalue weighted by Crippen LogP contribution is 2.34. The van der Waals surface area contributed by atoms with Crippen LogP contribution < -0.4 is 10.5 Å². The number of nitrogens with one attached hydrogen (secondary N) is 1. The summed E-state index contributed by atoms with van der Waals surface area (Å²) in [6, 6.07) is 11.8. The Bertz CT molecular complexity index is 767. The number of hydrogen-bond donors (Lipinski definition) is 2. The lowest BCUT2D eigenvalue weighted by Crippen LogP contribution is -1.90. The Labute approximate surface area is 121 Å². The highest BCUT2D eigenvalue weighted by molar-refractivity contribution is 7.99. The number of rotatable bonds is 3. The standard InChI is InChI=1S/C15H15N3OS/c1-9-3-6-12-13(7-9)18-15(17-12)20-14-8-10(19-2)4-5-11(14)16/h3-8H,16H2,1-2H3,(H,17,18). The molecule has 0 aliphatic heterocycles. The van der Waals surface area contributed by atoms with Gasteiger partial charge in [-0.05, 0) is 54.6 Å². The topological polar surface area (TPSA) is 63.9 Å². The number of aromatic amines is 1. The third kappa shape index (κ3) is 2.44. The van der Waals surface area contributed by atoms with Crippen LogP contribution in [0.4, 0.5) is 5.69 Å². The van der Waals surface area contributed by atoms with E-state index in [9.17, 15) is 0 Å². The molecule has 2 aromatic carbocycles. The van der Waals surface area contributed by atoms with Gasteiger partial charge in [0.1, 0.15) is 5.75 Å². The lowest BCUT2D eigenvalue weighted by molar-refractivity contribution is 0.414. The van der Waals surface area contributed by atoms with Crippen molar-refractivity contribution in [3.63, 3.8) is 0 Å². The summed E-state index contributed by atoms with van der Waals surface area (Å²) in [5.74, 6) is 0.786. The molecule has 3 aromatic rings. The maximum Gasteiger partial charge on any atom is 0.171 e. The largest absolute Gasteiger partial charge is 0.497 e. The lowest BCUT2D eigenvalue weighted by atomic mass is 10.2. The van der Waals surface area contributed by atoms with Crippen molar-refractivity contribution in [3.8, 4) is 5.75 Å². The number of nitrogens with two attached hydrogens (primary N) is 1. The molecule has 0 aliphatic rings. The van der Waals surface area contributed by atoms with E-state index in [1.165, 1.54) is 17.3 Å². The van der Waals surface area contributed by atoms with Crippen molar-refractivity contribution < 1.29 is 4.74 Å². The highest BCUT2D eigenvalue weighted by Gasteiger charge is 2.08. The summed E-state index contributed by atoms with van der Waals surface area (Å²) in [4.78, 5) is 8.79. The Morgan fingerprint density at radius 3 is 2.85 bits per heavy atom. The summed E-state index contributed by atoms with van der Waals surface area (Å²) in [6.45, 7) is 2.06. The molecule has 102 valence electrons. The zero-order chi connectivity index (χ0) is 14.1. The van der Waals surface area contributed by atoms with Gasteiger partial charge in [-0.15, -0.1) is 0 Å². The monoisotopic (exact) mass is 285 g/mol. The Kier molecular flexibility index (Phi) is 3.28. The van der Waals surface area contributed by atoms with Gasteiger partial charge >= 0.3 is 0 Å². The minimum atomic E-state index is 0.715. The molecule has 5 heteroatoms. The van der Waals surface area contributed by atoms with Crippen LogP contribution in [0.15, 0.2) is 46.5 Å². The van der Waals surface area contributed by atoms with Crippen LogP contribution >= 0.6 is 11.8 Å². The number of nitrogen functional groups attached to an aromatic ring is 1. The number of anilines is 1. The van der Waals surface area contributed by atoms with E-state index in [0.29, 0.717) is 5.69 Å². The predicted molar refractivity (Wildman–Crippen MR) is 82.4 cm³/mol. The van der Waals surface area contributed by atoms with Gasteiger partial charge in [-0.25, -0.2) is 4.98 Å². The van der Waals surface area contributed by atoms with Crippen LogP contribution in [0.5, 0.6) is 5.75 Å². The molecule has 0 saturated heterocycles. The van der Waals surface area contributed by atoms with Crippen LogP contribution in [-0.2, 0) is 0 Å². The first-order valence-corrected chi connectivity index (χ1v) is 7.05. The summed E-state index contributed by atoms with van der Waals surface area (Å²) in [6.07, 6.45) is 0. The minimum absolute atomic E-state index is 0.715. The highest BCUT2D eigenvalue weighted by atomic mass is 32.2. The van der Waals surface area contributed by atoms with Gasteiger partial charge in [0.15, 0.2) is 5.16 Å². The summed E-state index contributed by atoms with van der Waals surface area (Å²) in [5, 5.41) is 0.825. The molecule has 0 bridgehead atoms. The third-order valence-corrected chi connectivity index (χ3v) is 4.00. The normalized spacial score (nSPS) is 10.9. The van der Waals surface area contributed by atoms with E-state index < -0.39 is 0 Å². The number of aromatic nitrogens is 2. The fourth-order valence-electron chi connectivity index (χ4n) is 1.98. The molecule has 1 aromatic heterocycles. The van der Waals surface area contributed by atoms with Crippen molar-refractivity contribution in [1.29, 1.82) is 0 Å². The first-order valence-electron chi connectivity index (χ1n) is 6.23. The minimum Gasteiger partial charge on any atom is -0.497 e. The maximum atomic E-state index is 5.99. The van der Waals surface area contributed by atoms with Crippen molar-refractivity contribution in [2.45, 2.75) is 17.0 Å². The number of aryl methyl sites for hydroxylation is 1. The van der Waals surface area contributed by atoms with Gasteiger partial charge in [0.2, 0.25) is 0 Å². The molecule has 20 heavy (non-hydrogen) atoms. The van der Waals surface area contributed by atoms with Crippen molar-refractivity contribution in [2.75, 3.05) is 12.8 Å². The van der Waals surface area contributed by atoms with E-state index in [1.807, 2.05) is 24.3 Å². The second kappa shape index (κ2) is 5.09. The Morgan fingerprint density at radius 1 is 1.20 bits per heavy atom. The van der Waals surface area contributed by atoms with Gasteiger partial charge in [-0.1, -0.05) is 6.07 Å². The third-order valence-electron chi connectivity index (χ3n) is 3.04. The quantitative estimate of drug-likeness (QED) is 0.721. The van der Waals surface area contributed by atoms with Crippen LogP contribution in [0.3, 0.4) is 0 Å². The number of H-pyrrole nitrogens is 1. The van der Waals surface area contributed by atoms with Crippen molar-refractivity contribution >= 4 is 28.5 Å². The summed E-state index contributed by atoms with van der Waals surface area (Å²) in [5.41, 5.74) is 9.91. The maximum absolute atomic E-state index is 5.99. The molecule has 0 unspecified atom stereocenters. The average molecular weight is 285 g/mol. The van der Waals surface area contributed by atoms with Gasteiger partial charge in [0.25, 0.3) is 0 Å². The Balaban J connectivity index is 1.96. The summed E-state index contributed by atoms with van der Waals surface area (Å²) in [7, 11) is 1.64. The Morgan fingerprint density at radius 2 is 2.05 bits per heavy atom. The van der Waals surface area contributed by atoms with Crippen LogP contribution in [0.25, 0.3) is 11.0 Å². The first kappa shape index (κ1) is 12.9. The SMILES string of the molecule is COc1ccc(N)c(Sc2nc3ccc(C)cc3[nH]2)c1. The van der Waals surface area contributed by atoms with Crippen LogP contribution in [-0.4, -0.2) is 17.1 Å². The molecule has 1 heterocycles. The number of fused-ring (bicyclic) bond motifs is 1. The van der Waals surface area contributed by atoms with Gasteiger partial charge in [-0.2, -0.15) is 0 Å². The van der Waals surface area contributed by atoms with E-state index in [4.69, 9.17) is 10.5 Å². The van der Waals surface area contributed by atoms with E-state index >= 15 is 0 Å². The number of nitrogens with zero attached hydrogens (tertiary/aromatic N) is 1. The summed E-state index contributed by atoms with van der Waals surface area (Å²) >= 11 is 1.50. The van der Waals surface area contributed by atoms with E-state index in [1.54, 1.807) is 7.11 Å². The second-order valence-corrected chi connectivity index (χ2v) is 5.60. The van der Waals surface area contributed by atoms with Gasteiger partial charge in [-0.3, -0.25) is 0 Å². The number of hydrogen-bond acceptors (Lipinski definition) is 4. The van der Waals surface area contributed by atoms with Gasteiger partial charge in [0, 0.05) is 10.6 Å². The van der Waals surface area contributed by atoms with Crippen molar-refractivity contribution in [2.24, 2.45) is 0 Å². The van der Waals surface area contributed by atoms with Crippen LogP contribution in [0.2, 0.25) is 0 Å². The molecule has 3 N–H and O–H groups in total. The van der Waals surface area contributed by atoms with Crippen molar-refractivity contribution in [3.05, 3.63) is 42.0 Å². The molecule has 0 fully saturated rings. The molecular weight excluding hydrogens is 270 g/mol. The van der Waals surface area contributed by atoms with Gasteiger partial charge < -0.3 is 15.5 Å². The Hall–Kier alpha value is -2.14. The molecular formula is C15H15N3OS. The van der Waals surface area contributed by atoms with E-state index in [2.05, 4.69) is 29.0 Å². The first-order chi connectivity index (χ1) is 9.65. The smallest absolute Gasteiger partial charge is 0.171 e. The zero-order valence-electron chi connectivity index (χ0n) is 11.3. The van der Waals surface area contributed by atoms with E-state index in [-0.39, 0.29) is 0 Å². The summed E-state index contributed by atoms with van der Waals surface area (Å²) < 4.78 is 5.22. The number of ether oxygens (including phenoxy) is 1.